The Bertz CT molecular complexity index is 336. The molecule has 28 heavy (non-hydrogen) atoms. The van der Waals surface area contributed by atoms with E-state index in [1.165, 1.54) is 70.6 Å². The molecule has 0 saturated heterocycles. The number of hydrogen-bond acceptors (Lipinski definition) is 3. The van der Waals surface area contributed by atoms with Crippen LogP contribution >= 0.6 is 0 Å². The predicted octanol–water partition coefficient (Wildman–Crippen LogP) is 6.17. The summed E-state index contributed by atoms with van der Waals surface area (Å²) in [6, 6.07) is 0. The summed E-state index contributed by atoms with van der Waals surface area (Å²) in [4.78, 5) is 11.2. The SMILES string of the molecule is CCCCCCCCC(CCCCC)C(CCCCNCCO)CCC(=O)O. The van der Waals surface area contributed by atoms with Crippen LogP contribution in [0.4, 0.5) is 0 Å². The summed E-state index contributed by atoms with van der Waals surface area (Å²) in [6.07, 6.45) is 19.0. The highest BCUT2D eigenvalue weighted by atomic mass is 16.4. The fraction of sp³-hybridized carbons (Fsp3) is 0.958. The summed E-state index contributed by atoms with van der Waals surface area (Å²) in [5.41, 5.74) is 0. The van der Waals surface area contributed by atoms with Gasteiger partial charge >= 0.3 is 5.97 Å². The lowest BCUT2D eigenvalue weighted by atomic mass is 9.78. The maximum atomic E-state index is 11.2. The molecule has 0 saturated carbocycles. The lowest BCUT2D eigenvalue weighted by Gasteiger charge is -2.27. The Hall–Kier alpha value is -0.610. The lowest BCUT2D eigenvalue weighted by Crippen LogP contribution is -2.20. The Morgan fingerprint density at radius 3 is 1.82 bits per heavy atom. The Labute approximate surface area is 174 Å². The molecule has 0 aromatic carbocycles. The van der Waals surface area contributed by atoms with Crippen molar-refractivity contribution in [2.45, 2.75) is 117 Å². The molecular weight excluding hydrogens is 350 g/mol. The zero-order chi connectivity index (χ0) is 20.9. The number of carboxylic acid groups (broad SMARTS) is 1. The minimum absolute atomic E-state index is 0.193. The molecule has 0 amide bonds. The van der Waals surface area contributed by atoms with Gasteiger partial charge in [-0.3, -0.25) is 4.79 Å². The molecule has 2 atom stereocenters. The van der Waals surface area contributed by atoms with Crippen LogP contribution in [0.15, 0.2) is 0 Å². The third-order valence-electron chi connectivity index (χ3n) is 5.97. The van der Waals surface area contributed by atoms with E-state index in [-0.39, 0.29) is 6.61 Å². The van der Waals surface area contributed by atoms with Crippen LogP contribution in [-0.2, 0) is 4.79 Å². The smallest absolute Gasteiger partial charge is 0.303 e. The second-order valence-electron chi connectivity index (χ2n) is 8.47. The molecule has 3 N–H and O–H groups in total. The number of nitrogens with one attached hydrogen (secondary N) is 1. The van der Waals surface area contributed by atoms with E-state index in [2.05, 4.69) is 19.2 Å². The number of aliphatic hydroxyl groups is 1. The molecule has 0 rings (SSSR count). The number of hydrogen-bond donors (Lipinski definition) is 3. The Morgan fingerprint density at radius 1 is 0.714 bits per heavy atom. The molecule has 0 radical (unpaired) electrons. The molecule has 168 valence electrons. The van der Waals surface area contributed by atoms with Crippen LogP contribution in [0.25, 0.3) is 0 Å². The van der Waals surface area contributed by atoms with Gasteiger partial charge in [0.05, 0.1) is 6.61 Å². The van der Waals surface area contributed by atoms with Crippen molar-refractivity contribution in [2.24, 2.45) is 11.8 Å². The second-order valence-corrected chi connectivity index (χ2v) is 8.47. The Kier molecular flexibility index (Phi) is 20.6. The minimum atomic E-state index is -0.651. The van der Waals surface area contributed by atoms with Gasteiger partial charge in [0.15, 0.2) is 0 Å². The number of carboxylic acids is 1. The zero-order valence-corrected chi connectivity index (χ0v) is 18.9. The van der Waals surface area contributed by atoms with Crippen LogP contribution in [-0.4, -0.2) is 35.9 Å². The minimum Gasteiger partial charge on any atom is -0.481 e. The van der Waals surface area contributed by atoms with Crippen molar-refractivity contribution < 1.29 is 15.0 Å². The normalized spacial score (nSPS) is 13.5. The van der Waals surface area contributed by atoms with Crippen molar-refractivity contribution in [3.8, 4) is 0 Å². The third kappa shape index (κ3) is 17.5. The molecule has 0 fully saturated rings. The van der Waals surface area contributed by atoms with Gasteiger partial charge in [0.1, 0.15) is 0 Å². The van der Waals surface area contributed by atoms with Gasteiger partial charge in [0.25, 0.3) is 0 Å². The number of aliphatic carboxylic acids is 1. The number of unbranched alkanes of at least 4 members (excludes halogenated alkanes) is 8. The molecule has 0 aromatic rings. The summed E-state index contributed by atoms with van der Waals surface area (Å²) >= 11 is 0. The van der Waals surface area contributed by atoms with Crippen LogP contribution in [0, 0.1) is 11.8 Å². The molecule has 0 aliphatic heterocycles. The van der Waals surface area contributed by atoms with Crippen LogP contribution in [0.3, 0.4) is 0 Å². The fourth-order valence-corrected chi connectivity index (χ4v) is 4.24. The van der Waals surface area contributed by atoms with Crippen molar-refractivity contribution in [1.82, 2.24) is 5.32 Å². The number of aliphatic hydroxyl groups excluding tert-OH is 1. The van der Waals surface area contributed by atoms with E-state index in [9.17, 15) is 9.90 Å². The molecule has 0 aromatic heterocycles. The molecule has 0 aliphatic rings. The Morgan fingerprint density at radius 2 is 1.21 bits per heavy atom. The van der Waals surface area contributed by atoms with E-state index in [0.717, 1.165) is 32.2 Å². The highest BCUT2D eigenvalue weighted by Gasteiger charge is 2.21. The molecule has 4 heteroatoms. The van der Waals surface area contributed by atoms with E-state index < -0.39 is 5.97 Å². The first-order valence-electron chi connectivity index (χ1n) is 12.2. The van der Waals surface area contributed by atoms with Gasteiger partial charge in [-0.2, -0.15) is 0 Å². The first kappa shape index (κ1) is 27.4. The largest absolute Gasteiger partial charge is 0.481 e. The monoisotopic (exact) mass is 399 g/mol. The molecule has 2 unspecified atom stereocenters. The van der Waals surface area contributed by atoms with Crippen molar-refractivity contribution >= 4 is 5.97 Å². The number of rotatable bonds is 22. The lowest BCUT2D eigenvalue weighted by molar-refractivity contribution is -0.137. The van der Waals surface area contributed by atoms with Gasteiger partial charge < -0.3 is 15.5 Å². The van der Waals surface area contributed by atoms with Crippen molar-refractivity contribution in [3.05, 3.63) is 0 Å². The highest BCUT2D eigenvalue weighted by molar-refractivity contribution is 5.66. The van der Waals surface area contributed by atoms with Crippen molar-refractivity contribution in [2.75, 3.05) is 19.7 Å². The highest BCUT2D eigenvalue weighted by Crippen LogP contribution is 2.32. The van der Waals surface area contributed by atoms with Crippen LogP contribution in [0.2, 0.25) is 0 Å². The van der Waals surface area contributed by atoms with E-state index in [1.807, 2.05) is 0 Å². The summed E-state index contributed by atoms with van der Waals surface area (Å²) in [6.45, 7) is 6.32. The summed E-state index contributed by atoms with van der Waals surface area (Å²) < 4.78 is 0. The topological polar surface area (TPSA) is 69.6 Å². The predicted molar refractivity (Wildman–Crippen MR) is 120 cm³/mol. The van der Waals surface area contributed by atoms with Gasteiger partial charge in [-0.25, -0.2) is 0 Å². The number of carbonyl (C=O) groups is 1. The molecule has 0 bridgehead atoms. The molecular formula is C24H49NO3. The average molecular weight is 400 g/mol. The second kappa shape index (κ2) is 21.1. The van der Waals surface area contributed by atoms with Gasteiger partial charge in [-0.1, -0.05) is 97.3 Å². The molecule has 0 heterocycles. The maximum absolute atomic E-state index is 11.2. The van der Waals surface area contributed by atoms with Gasteiger partial charge in [-0.05, 0) is 31.2 Å². The van der Waals surface area contributed by atoms with Crippen LogP contribution < -0.4 is 5.32 Å². The molecule has 0 spiro atoms. The van der Waals surface area contributed by atoms with Gasteiger partial charge in [0.2, 0.25) is 0 Å². The van der Waals surface area contributed by atoms with E-state index in [4.69, 9.17) is 5.11 Å². The third-order valence-corrected chi connectivity index (χ3v) is 5.97. The first-order chi connectivity index (χ1) is 13.7. The van der Waals surface area contributed by atoms with Crippen molar-refractivity contribution in [1.29, 1.82) is 0 Å². The quantitative estimate of drug-likeness (QED) is 0.190. The average Bonchev–Trinajstić information content (AvgIpc) is 2.68. The maximum Gasteiger partial charge on any atom is 0.303 e. The van der Waals surface area contributed by atoms with Gasteiger partial charge in [-0.15, -0.1) is 0 Å². The molecule has 0 aliphatic carbocycles. The van der Waals surface area contributed by atoms with Gasteiger partial charge in [0, 0.05) is 13.0 Å². The van der Waals surface area contributed by atoms with Crippen molar-refractivity contribution in [3.63, 3.8) is 0 Å². The fourth-order valence-electron chi connectivity index (χ4n) is 4.24. The summed E-state index contributed by atoms with van der Waals surface area (Å²) in [5.74, 6) is 0.602. The van der Waals surface area contributed by atoms with E-state index >= 15 is 0 Å². The first-order valence-corrected chi connectivity index (χ1v) is 12.2. The molecule has 4 nitrogen and oxygen atoms in total. The zero-order valence-electron chi connectivity index (χ0n) is 18.9. The summed E-state index contributed by atoms with van der Waals surface area (Å²) in [5, 5.41) is 21.3. The van der Waals surface area contributed by atoms with E-state index in [1.54, 1.807) is 0 Å². The Balaban J connectivity index is 4.50. The summed E-state index contributed by atoms with van der Waals surface area (Å²) in [7, 11) is 0. The van der Waals surface area contributed by atoms with Crippen LogP contribution in [0.1, 0.15) is 117 Å². The van der Waals surface area contributed by atoms with E-state index in [0.29, 0.717) is 24.8 Å². The van der Waals surface area contributed by atoms with Crippen LogP contribution in [0.5, 0.6) is 0 Å². The standard InChI is InChI=1S/C24H49NO3/c1-3-5-7-8-9-11-15-22(14-10-6-4-2)23(17-18-24(27)28)16-12-13-19-25-20-21-26/h22-23,25-26H,3-21H2,1-2H3,(H,27,28).